The molecule has 1 aliphatic heterocycles. The van der Waals surface area contributed by atoms with Gasteiger partial charge in [0.15, 0.2) is 5.58 Å². The molecule has 2 aromatic carbocycles. The normalized spacial score (nSPS) is 15.5. The zero-order valence-electron chi connectivity index (χ0n) is 12.7. The summed E-state index contributed by atoms with van der Waals surface area (Å²) in [5.41, 5.74) is 4.45. The lowest BCUT2D eigenvalue weighted by atomic mass is 10.1. The summed E-state index contributed by atoms with van der Waals surface area (Å²) in [5.74, 6) is 0. The van der Waals surface area contributed by atoms with Crippen LogP contribution in [0.15, 0.2) is 52.9 Å². The predicted molar refractivity (Wildman–Crippen MR) is 89.6 cm³/mol. The van der Waals surface area contributed by atoms with E-state index in [1.165, 1.54) is 11.3 Å². The molecule has 2 heterocycles. The molecule has 3 aromatic rings. The molecule has 0 radical (unpaired) electrons. The molecule has 22 heavy (non-hydrogen) atoms. The van der Waals surface area contributed by atoms with Crippen LogP contribution in [-0.4, -0.2) is 31.2 Å². The molecule has 1 fully saturated rings. The van der Waals surface area contributed by atoms with Crippen LogP contribution in [0.25, 0.3) is 11.1 Å². The van der Waals surface area contributed by atoms with Gasteiger partial charge >= 0.3 is 0 Å². The van der Waals surface area contributed by atoms with Gasteiger partial charge in [-0.05, 0) is 30.7 Å². The van der Waals surface area contributed by atoms with E-state index in [-0.39, 0.29) is 0 Å². The van der Waals surface area contributed by atoms with Crippen LogP contribution in [0.4, 0.5) is 11.7 Å². The minimum atomic E-state index is 0.741. The van der Waals surface area contributed by atoms with Crippen LogP contribution in [-0.2, 0) is 0 Å². The second-order valence-electron chi connectivity index (χ2n) is 5.72. The summed E-state index contributed by atoms with van der Waals surface area (Å²) in [7, 11) is 0. The number of fused-ring (bicyclic) bond motifs is 1. The van der Waals surface area contributed by atoms with E-state index in [2.05, 4.69) is 46.0 Å². The first kappa shape index (κ1) is 13.2. The number of para-hydroxylation sites is 3. The molecule has 4 nitrogen and oxygen atoms in total. The van der Waals surface area contributed by atoms with Crippen molar-refractivity contribution in [2.24, 2.45) is 0 Å². The van der Waals surface area contributed by atoms with Gasteiger partial charge in [-0.2, -0.15) is 4.98 Å². The van der Waals surface area contributed by atoms with E-state index in [1.54, 1.807) is 0 Å². The summed E-state index contributed by atoms with van der Waals surface area (Å²) in [5, 5.41) is 0. The van der Waals surface area contributed by atoms with Gasteiger partial charge < -0.3 is 14.2 Å². The van der Waals surface area contributed by atoms with Crippen LogP contribution < -0.4 is 9.80 Å². The molecule has 0 N–H and O–H groups in total. The number of aromatic nitrogens is 1. The molecule has 0 bridgehead atoms. The first-order valence-corrected chi connectivity index (χ1v) is 7.72. The Balaban J connectivity index is 1.51. The maximum absolute atomic E-state index is 5.87. The highest BCUT2D eigenvalue weighted by atomic mass is 16.4. The SMILES string of the molecule is Cc1ccccc1N1CCN(c2nc3ccccc3o2)CC1. The summed E-state index contributed by atoms with van der Waals surface area (Å²) < 4.78 is 5.87. The van der Waals surface area contributed by atoms with Crippen LogP contribution in [0.3, 0.4) is 0 Å². The monoisotopic (exact) mass is 293 g/mol. The summed E-state index contributed by atoms with van der Waals surface area (Å²) in [6.45, 7) is 6.01. The lowest BCUT2D eigenvalue weighted by Gasteiger charge is -2.36. The molecule has 0 saturated carbocycles. The van der Waals surface area contributed by atoms with Crippen molar-refractivity contribution in [1.29, 1.82) is 0 Å². The Morgan fingerprint density at radius 3 is 2.32 bits per heavy atom. The van der Waals surface area contributed by atoms with Crippen molar-refractivity contribution in [2.45, 2.75) is 6.92 Å². The molecule has 112 valence electrons. The number of benzene rings is 2. The second-order valence-corrected chi connectivity index (χ2v) is 5.72. The van der Waals surface area contributed by atoms with Crippen LogP contribution in [0.1, 0.15) is 5.56 Å². The van der Waals surface area contributed by atoms with Crippen LogP contribution in [0.2, 0.25) is 0 Å². The lowest BCUT2D eigenvalue weighted by Crippen LogP contribution is -2.46. The molecule has 0 unspecified atom stereocenters. The molecule has 0 atom stereocenters. The predicted octanol–water partition coefficient (Wildman–Crippen LogP) is 3.46. The second kappa shape index (κ2) is 5.37. The highest BCUT2D eigenvalue weighted by Crippen LogP contribution is 2.25. The van der Waals surface area contributed by atoms with Gasteiger partial charge in [-0.3, -0.25) is 0 Å². The van der Waals surface area contributed by atoms with E-state index in [4.69, 9.17) is 4.42 Å². The summed E-state index contributed by atoms with van der Waals surface area (Å²) in [6.07, 6.45) is 0. The molecule has 0 spiro atoms. The van der Waals surface area contributed by atoms with Gasteiger partial charge in [0, 0.05) is 31.9 Å². The molecule has 4 rings (SSSR count). The average Bonchev–Trinajstić information content (AvgIpc) is 2.99. The van der Waals surface area contributed by atoms with E-state index >= 15 is 0 Å². The fourth-order valence-electron chi connectivity index (χ4n) is 3.05. The fourth-order valence-corrected chi connectivity index (χ4v) is 3.05. The third kappa shape index (κ3) is 2.30. The quantitative estimate of drug-likeness (QED) is 0.724. The Bertz CT molecular complexity index is 755. The standard InChI is InChI=1S/C18H19N3O/c1-14-6-2-4-8-16(14)20-10-12-21(13-11-20)18-19-15-7-3-5-9-17(15)22-18/h2-9H,10-13H2,1H3. The number of piperazine rings is 1. The summed E-state index contributed by atoms with van der Waals surface area (Å²) in [6, 6.07) is 17.2. The zero-order valence-corrected chi connectivity index (χ0v) is 12.7. The first-order chi connectivity index (χ1) is 10.8. The smallest absolute Gasteiger partial charge is 0.298 e. The molecule has 0 aliphatic carbocycles. The number of nitrogens with zero attached hydrogens (tertiary/aromatic N) is 3. The number of rotatable bonds is 2. The molecule has 0 amide bonds. The minimum absolute atomic E-state index is 0.741. The van der Waals surface area contributed by atoms with Gasteiger partial charge in [0.25, 0.3) is 6.01 Å². The van der Waals surface area contributed by atoms with E-state index in [9.17, 15) is 0 Å². The number of aryl methyl sites for hydroxylation is 1. The lowest BCUT2D eigenvalue weighted by molar-refractivity contribution is 0.541. The highest BCUT2D eigenvalue weighted by Gasteiger charge is 2.21. The molecular weight excluding hydrogens is 274 g/mol. The van der Waals surface area contributed by atoms with E-state index < -0.39 is 0 Å². The maximum atomic E-state index is 5.87. The van der Waals surface area contributed by atoms with Gasteiger partial charge in [-0.25, -0.2) is 0 Å². The van der Waals surface area contributed by atoms with Gasteiger partial charge in [0.1, 0.15) is 5.52 Å². The van der Waals surface area contributed by atoms with Crippen molar-refractivity contribution in [3.05, 3.63) is 54.1 Å². The van der Waals surface area contributed by atoms with Crippen molar-refractivity contribution in [2.75, 3.05) is 36.0 Å². The maximum Gasteiger partial charge on any atom is 0.298 e. The van der Waals surface area contributed by atoms with Crippen molar-refractivity contribution >= 4 is 22.8 Å². The number of hydrogen-bond acceptors (Lipinski definition) is 4. The number of hydrogen-bond donors (Lipinski definition) is 0. The van der Waals surface area contributed by atoms with Gasteiger partial charge in [-0.1, -0.05) is 30.3 Å². The number of anilines is 2. The highest BCUT2D eigenvalue weighted by molar-refractivity contribution is 5.74. The molecule has 1 aliphatic rings. The minimum Gasteiger partial charge on any atom is -0.423 e. The Kier molecular flexibility index (Phi) is 3.22. The van der Waals surface area contributed by atoms with Crippen LogP contribution in [0, 0.1) is 6.92 Å². The van der Waals surface area contributed by atoms with Gasteiger partial charge in [0.2, 0.25) is 0 Å². The Hall–Kier alpha value is -2.49. The van der Waals surface area contributed by atoms with Crippen LogP contribution in [0.5, 0.6) is 0 Å². The Morgan fingerprint density at radius 1 is 0.864 bits per heavy atom. The largest absolute Gasteiger partial charge is 0.423 e. The summed E-state index contributed by atoms with van der Waals surface area (Å²) >= 11 is 0. The summed E-state index contributed by atoms with van der Waals surface area (Å²) in [4.78, 5) is 9.26. The third-order valence-electron chi connectivity index (χ3n) is 4.29. The van der Waals surface area contributed by atoms with E-state index in [0.29, 0.717) is 0 Å². The van der Waals surface area contributed by atoms with E-state index in [0.717, 1.165) is 43.3 Å². The van der Waals surface area contributed by atoms with Crippen molar-refractivity contribution in [3.63, 3.8) is 0 Å². The van der Waals surface area contributed by atoms with Crippen molar-refractivity contribution in [3.8, 4) is 0 Å². The zero-order chi connectivity index (χ0) is 14.9. The molecule has 1 saturated heterocycles. The van der Waals surface area contributed by atoms with Crippen LogP contribution >= 0.6 is 0 Å². The Labute approximate surface area is 130 Å². The molecule has 1 aromatic heterocycles. The van der Waals surface area contributed by atoms with Crippen molar-refractivity contribution in [1.82, 2.24) is 4.98 Å². The van der Waals surface area contributed by atoms with Gasteiger partial charge in [0.05, 0.1) is 0 Å². The third-order valence-corrected chi connectivity index (χ3v) is 4.29. The molecular formula is C18H19N3O. The van der Waals surface area contributed by atoms with E-state index in [1.807, 2.05) is 24.3 Å². The molecule has 4 heteroatoms. The fraction of sp³-hybridized carbons (Fsp3) is 0.278. The number of oxazole rings is 1. The topological polar surface area (TPSA) is 32.5 Å². The average molecular weight is 293 g/mol. The van der Waals surface area contributed by atoms with Gasteiger partial charge in [-0.15, -0.1) is 0 Å². The Morgan fingerprint density at radius 2 is 1.55 bits per heavy atom. The van der Waals surface area contributed by atoms with Crippen molar-refractivity contribution < 1.29 is 4.42 Å². The first-order valence-electron chi connectivity index (χ1n) is 7.72.